The van der Waals surface area contributed by atoms with Crippen LogP contribution < -0.4 is 10.1 Å². The SMILES string of the molecule is Clc1cccc(Oc2ccc(CNC3CC3)c(Cl)c2)c1. The van der Waals surface area contributed by atoms with E-state index in [2.05, 4.69) is 5.32 Å². The first-order chi connectivity index (χ1) is 9.70. The molecule has 0 aromatic heterocycles. The summed E-state index contributed by atoms with van der Waals surface area (Å²) in [6.45, 7) is 0.806. The molecule has 0 bridgehead atoms. The van der Waals surface area contributed by atoms with Crippen LogP contribution >= 0.6 is 23.2 Å². The van der Waals surface area contributed by atoms with Gasteiger partial charge in [-0.15, -0.1) is 0 Å². The maximum Gasteiger partial charge on any atom is 0.128 e. The van der Waals surface area contributed by atoms with Gasteiger partial charge in [0.05, 0.1) is 0 Å². The lowest BCUT2D eigenvalue weighted by molar-refractivity contribution is 0.482. The van der Waals surface area contributed by atoms with Crippen molar-refractivity contribution in [2.45, 2.75) is 25.4 Å². The summed E-state index contributed by atoms with van der Waals surface area (Å²) in [5, 5.41) is 4.82. The lowest BCUT2D eigenvalue weighted by atomic mass is 10.2. The largest absolute Gasteiger partial charge is 0.457 e. The van der Waals surface area contributed by atoms with E-state index in [1.165, 1.54) is 12.8 Å². The third kappa shape index (κ3) is 3.66. The van der Waals surface area contributed by atoms with Gasteiger partial charge >= 0.3 is 0 Å². The highest BCUT2D eigenvalue weighted by Crippen LogP contribution is 2.28. The topological polar surface area (TPSA) is 21.3 Å². The van der Waals surface area contributed by atoms with E-state index in [1.807, 2.05) is 36.4 Å². The Labute approximate surface area is 128 Å². The Morgan fingerprint density at radius 2 is 1.85 bits per heavy atom. The lowest BCUT2D eigenvalue weighted by Crippen LogP contribution is -2.15. The smallest absolute Gasteiger partial charge is 0.128 e. The van der Waals surface area contributed by atoms with Crippen molar-refractivity contribution in [3.63, 3.8) is 0 Å². The van der Waals surface area contributed by atoms with Gasteiger partial charge in [0, 0.05) is 22.6 Å². The number of rotatable bonds is 5. The van der Waals surface area contributed by atoms with Gasteiger partial charge in [-0.1, -0.05) is 35.3 Å². The lowest BCUT2D eigenvalue weighted by Gasteiger charge is -2.09. The highest BCUT2D eigenvalue weighted by molar-refractivity contribution is 6.31. The normalized spacial score (nSPS) is 14.3. The minimum atomic E-state index is 0.652. The minimum absolute atomic E-state index is 0.652. The van der Waals surface area contributed by atoms with E-state index < -0.39 is 0 Å². The molecule has 1 aliphatic carbocycles. The summed E-state index contributed by atoms with van der Waals surface area (Å²) in [5.74, 6) is 1.42. The van der Waals surface area contributed by atoms with Crippen LogP contribution in [0.5, 0.6) is 11.5 Å². The molecule has 0 radical (unpaired) electrons. The summed E-state index contributed by atoms with van der Waals surface area (Å²) < 4.78 is 5.74. The number of hydrogen-bond donors (Lipinski definition) is 1. The summed E-state index contributed by atoms with van der Waals surface area (Å²) in [6, 6.07) is 13.7. The van der Waals surface area contributed by atoms with Gasteiger partial charge in [0.1, 0.15) is 11.5 Å². The van der Waals surface area contributed by atoms with Crippen LogP contribution in [-0.2, 0) is 6.54 Å². The quantitative estimate of drug-likeness (QED) is 0.835. The van der Waals surface area contributed by atoms with Crippen molar-refractivity contribution >= 4 is 23.2 Å². The van der Waals surface area contributed by atoms with Crippen molar-refractivity contribution in [2.75, 3.05) is 0 Å². The molecule has 0 unspecified atom stereocenters. The fourth-order valence-electron chi connectivity index (χ4n) is 1.94. The zero-order chi connectivity index (χ0) is 13.9. The second kappa shape index (κ2) is 6.04. The van der Waals surface area contributed by atoms with E-state index in [0.717, 1.165) is 17.1 Å². The van der Waals surface area contributed by atoms with Crippen LogP contribution in [0.2, 0.25) is 10.0 Å². The molecule has 0 heterocycles. The maximum absolute atomic E-state index is 6.28. The average molecular weight is 308 g/mol. The monoisotopic (exact) mass is 307 g/mol. The van der Waals surface area contributed by atoms with Gasteiger partial charge < -0.3 is 10.1 Å². The summed E-state index contributed by atoms with van der Waals surface area (Å²) in [6.07, 6.45) is 2.54. The van der Waals surface area contributed by atoms with Crippen LogP contribution in [0, 0.1) is 0 Å². The fourth-order valence-corrected chi connectivity index (χ4v) is 2.36. The van der Waals surface area contributed by atoms with E-state index in [4.69, 9.17) is 27.9 Å². The molecule has 0 atom stereocenters. The highest BCUT2D eigenvalue weighted by Gasteiger charge is 2.20. The number of hydrogen-bond acceptors (Lipinski definition) is 2. The van der Waals surface area contributed by atoms with Crippen molar-refractivity contribution < 1.29 is 4.74 Å². The molecule has 0 aliphatic heterocycles. The minimum Gasteiger partial charge on any atom is -0.457 e. The third-order valence-corrected chi connectivity index (χ3v) is 3.80. The Kier molecular flexibility index (Phi) is 4.16. The molecule has 104 valence electrons. The molecule has 2 aromatic carbocycles. The van der Waals surface area contributed by atoms with Crippen LogP contribution in [0.25, 0.3) is 0 Å². The predicted octanol–water partition coefficient (Wildman–Crippen LogP) is 5.04. The number of nitrogens with one attached hydrogen (secondary N) is 1. The van der Waals surface area contributed by atoms with E-state index in [-0.39, 0.29) is 0 Å². The van der Waals surface area contributed by atoms with Gasteiger partial charge in [0.2, 0.25) is 0 Å². The van der Waals surface area contributed by atoms with Crippen LogP contribution in [0.4, 0.5) is 0 Å². The molecular formula is C16H15Cl2NO. The molecule has 1 N–H and O–H groups in total. The Morgan fingerprint density at radius 1 is 1.05 bits per heavy atom. The molecule has 2 aromatic rings. The molecule has 1 saturated carbocycles. The molecule has 2 nitrogen and oxygen atoms in total. The van der Waals surface area contributed by atoms with E-state index >= 15 is 0 Å². The highest BCUT2D eigenvalue weighted by atomic mass is 35.5. The van der Waals surface area contributed by atoms with Crippen LogP contribution in [0.1, 0.15) is 18.4 Å². The Bertz CT molecular complexity index is 611. The number of benzene rings is 2. The molecule has 20 heavy (non-hydrogen) atoms. The van der Waals surface area contributed by atoms with Crippen LogP contribution in [-0.4, -0.2) is 6.04 Å². The van der Waals surface area contributed by atoms with Gasteiger partial charge in [0.25, 0.3) is 0 Å². The second-order valence-corrected chi connectivity index (χ2v) is 5.81. The molecule has 4 heteroatoms. The van der Waals surface area contributed by atoms with Crippen molar-refractivity contribution in [1.82, 2.24) is 5.32 Å². The van der Waals surface area contributed by atoms with Crippen molar-refractivity contribution in [3.8, 4) is 11.5 Å². The molecule has 0 amide bonds. The second-order valence-electron chi connectivity index (χ2n) is 4.97. The Hall–Kier alpha value is -1.22. The van der Waals surface area contributed by atoms with Gasteiger partial charge in [-0.2, -0.15) is 0 Å². The number of ether oxygens (including phenoxy) is 1. The standard InChI is InChI=1S/C16H15Cl2NO/c17-12-2-1-3-14(8-12)20-15-7-4-11(16(18)9-15)10-19-13-5-6-13/h1-4,7-9,13,19H,5-6,10H2. The van der Waals surface area contributed by atoms with Gasteiger partial charge in [-0.3, -0.25) is 0 Å². The van der Waals surface area contributed by atoms with Gasteiger partial charge in [-0.05, 0) is 48.7 Å². The molecule has 3 rings (SSSR count). The van der Waals surface area contributed by atoms with Crippen molar-refractivity contribution in [2.24, 2.45) is 0 Å². The van der Waals surface area contributed by atoms with Crippen molar-refractivity contribution in [1.29, 1.82) is 0 Å². The first kappa shape index (κ1) is 13.7. The molecule has 1 fully saturated rings. The zero-order valence-corrected chi connectivity index (χ0v) is 12.4. The Morgan fingerprint density at radius 3 is 2.55 bits per heavy atom. The molecule has 0 saturated heterocycles. The maximum atomic E-state index is 6.28. The van der Waals surface area contributed by atoms with Gasteiger partial charge in [-0.25, -0.2) is 0 Å². The average Bonchev–Trinajstić information content (AvgIpc) is 3.22. The first-order valence-electron chi connectivity index (χ1n) is 6.66. The summed E-state index contributed by atoms with van der Waals surface area (Å²) in [4.78, 5) is 0. The third-order valence-electron chi connectivity index (χ3n) is 3.21. The van der Waals surface area contributed by atoms with E-state index in [1.54, 1.807) is 6.07 Å². The first-order valence-corrected chi connectivity index (χ1v) is 7.41. The van der Waals surface area contributed by atoms with Crippen LogP contribution in [0.15, 0.2) is 42.5 Å². The molecular weight excluding hydrogens is 293 g/mol. The van der Waals surface area contributed by atoms with E-state index in [9.17, 15) is 0 Å². The predicted molar refractivity (Wildman–Crippen MR) is 82.8 cm³/mol. The zero-order valence-electron chi connectivity index (χ0n) is 10.9. The Balaban J connectivity index is 1.69. The summed E-state index contributed by atoms with van der Waals surface area (Å²) >= 11 is 12.2. The fraction of sp³-hybridized carbons (Fsp3) is 0.250. The molecule has 0 spiro atoms. The summed E-state index contributed by atoms with van der Waals surface area (Å²) in [5.41, 5.74) is 1.09. The van der Waals surface area contributed by atoms with Crippen LogP contribution in [0.3, 0.4) is 0 Å². The summed E-state index contributed by atoms with van der Waals surface area (Å²) in [7, 11) is 0. The van der Waals surface area contributed by atoms with Gasteiger partial charge in [0.15, 0.2) is 0 Å². The van der Waals surface area contributed by atoms with E-state index in [0.29, 0.717) is 22.6 Å². The van der Waals surface area contributed by atoms with Crippen molar-refractivity contribution in [3.05, 3.63) is 58.1 Å². The molecule has 1 aliphatic rings. The number of halogens is 2.